The lowest BCUT2D eigenvalue weighted by atomic mass is 9.93. The lowest BCUT2D eigenvalue weighted by Crippen LogP contribution is -2.13. The Balaban J connectivity index is 2.66. The molecule has 0 saturated carbocycles. The van der Waals surface area contributed by atoms with Gasteiger partial charge in [0.2, 0.25) is 0 Å². The molecule has 0 N–H and O–H groups in total. The van der Waals surface area contributed by atoms with E-state index in [9.17, 15) is 0 Å². The highest BCUT2D eigenvalue weighted by Gasteiger charge is 2.23. The molecule has 92 valence electrons. The van der Waals surface area contributed by atoms with E-state index in [1.165, 1.54) is 0 Å². The summed E-state index contributed by atoms with van der Waals surface area (Å²) in [6.45, 7) is 6.41. The van der Waals surface area contributed by atoms with Crippen LogP contribution in [0.4, 0.5) is 0 Å². The highest BCUT2D eigenvalue weighted by Crippen LogP contribution is 2.29. The molecular formula is C11H12Cl2IN3. The first-order valence-corrected chi connectivity index (χ1v) is 7.08. The van der Waals surface area contributed by atoms with Crippen LogP contribution in [-0.4, -0.2) is 14.4 Å². The topological polar surface area (TPSA) is 30.2 Å². The summed E-state index contributed by atoms with van der Waals surface area (Å²) < 4.78 is 3.02. The molecule has 2 aromatic rings. The van der Waals surface area contributed by atoms with Crippen molar-refractivity contribution in [1.29, 1.82) is 0 Å². The van der Waals surface area contributed by atoms with E-state index in [-0.39, 0.29) is 5.41 Å². The highest BCUT2D eigenvalue weighted by molar-refractivity contribution is 14.1. The van der Waals surface area contributed by atoms with E-state index >= 15 is 0 Å². The number of alkyl halides is 2. The lowest BCUT2D eigenvalue weighted by molar-refractivity contribution is 0.569. The van der Waals surface area contributed by atoms with Crippen LogP contribution in [0, 0.1) is 3.70 Å². The summed E-state index contributed by atoms with van der Waals surface area (Å²) in [5, 5.41) is 0. The fraction of sp³-hybridized carbons (Fsp3) is 0.455. The summed E-state index contributed by atoms with van der Waals surface area (Å²) in [5.74, 6) is 0. The van der Waals surface area contributed by atoms with Crippen LogP contribution >= 0.6 is 45.8 Å². The molecule has 6 heteroatoms. The minimum absolute atomic E-state index is 0.00401. The third kappa shape index (κ3) is 2.53. The number of hydrogen-bond acceptors (Lipinski definition) is 2. The van der Waals surface area contributed by atoms with E-state index in [2.05, 4.69) is 53.3 Å². The van der Waals surface area contributed by atoms with Gasteiger partial charge in [-0.3, -0.25) is 4.40 Å². The second-order valence-electron chi connectivity index (χ2n) is 4.84. The van der Waals surface area contributed by atoms with E-state index in [0.29, 0.717) is 5.69 Å². The lowest BCUT2D eigenvalue weighted by Gasteiger charge is -2.15. The first kappa shape index (κ1) is 13.4. The zero-order valence-electron chi connectivity index (χ0n) is 9.71. The van der Waals surface area contributed by atoms with Gasteiger partial charge < -0.3 is 0 Å². The normalized spacial score (nSPS) is 12.6. The summed E-state index contributed by atoms with van der Waals surface area (Å²) in [6, 6.07) is 1.82. The Morgan fingerprint density at radius 1 is 1.35 bits per heavy atom. The third-order valence-corrected chi connectivity index (χ3v) is 3.89. The average molecular weight is 384 g/mol. The molecule has 0 unspecified atom stereocenters. The van der Waals surface area contributed by atoms with Gasteiger partial charge in [0, 0.05) is 11.5 Å². The van der Waals surface area contributed by atoms with Gasteiger partial charge >= 0.3 is 0 Å². The maximum absolute atomic E-state index is 5.80. The maximum Gasteiger partial charge on any atom is 0.149 e. The Kier molecular flexibility index (Phi) is 3.58. The molecule has 2 heterocycles. The largest absolute Gasteiger partial charge is 0.278 e. The number of rotatable bonds is 1. The van der Waals surface area contributed by atoms with Crippen LogP contribution in [0.25, 0.3) is 5.65 Å². The number of aromatic nitrogens is 3. The number of nitrogens with zero attached hydrogens (tertiary/aromatic N) is 3. The van der Waals surface area contributed by atoms with Gasteiger partial charge in [-0.05, 0) is 22.6 Å². The monoisotopic (exact) mass is 383 g/mol. The van der Waals surface area contributed by atoms with Crippen molar-refractivity contribution in [2.75, 3.05) is 0 Å². The summed E-state index contributed by atoms with van der Waals surface area (Å²) in [7, 11) is 0. The van der Waals surface area contributed by atoms with Crippen LogP contribution in [0.1, 0.15) is 37.0 Å². The summed E-state index contributed by atoms with van der Waals surface area (Å²) in [6.07, 6.45) is 1.71. The first-order chi connectivity index (χ1) is 7.80. The quantitative estimate of drug-likeness (QED) is 0.548. The van der Waals surface area contributed by atoms with E-state index in [4.69, 9.17) is 23.2 Å². The van der Waals surface area contributed by atoms with E-state index in [1.54, 1.807) is 6.33 Å². The Hall–Kier alpha value is -0.0700. The summed E-state index contributed by atoms with van der Waals surface area (Å²) in [4.78, 5) is 8.22. The molecule has 0 aliphatic carbocycles. The molecule has 2 aromatic heterocycles. The molecule has 0 aliphatic heterocycles. The van der Waals surface area contributed by atoms with Gasteiger partial charge in [0.25, 0.3) is 0 Å². The molecule has 3 nitrogen and oxygen atoms in total. The number of halogens is 3. The Labute approximate surface area is 124 Å². The van der Waals surface area contributed by atoms with Crippen molar-refractivity contribution in [2.24, 2.45) is 0 Å². The molecule has 2 rings (SSSR count). The van der Waals surface area contributed by atoms with Crippen molar-refractivity contribution in [3.8, 4) is 0 Å². The van der Waals surface area contributed by atoms with Gasteiger partial charge in [-0.25, -0.2) is 9.97 Å². The summed E-state index contributed by atoms with van der Waals surface area (Å²) in [5.41, 5.74) is 2.51. The minimum atomic E-state index is -0.618. The Morgan fingerprint density at radius 3 is 2.53 bits per heavy atom. The second kappa shape index (κ2) is 4.55. The minimum Gasteiger partial charge on any atom is -0.278 e. The van der Waals surface area contributed by atoms with Gasteiger partial charge in [-0.15, -0.1) is 0 Å². The van der Waals surface area contributed by atoms with Gasteiger partial charge in [-0.2, -0.15) is 0 Å². The molecule has 0 aliphatic rings. The van der Waals surface area contributed by atoms with Crippen LogP contribution in [0.3, 0.4) is 0 Å². The molecule has 0 amide bonds. The van der Waals surface area contributed by atoms with Crippen LogP contribution < -0.4 is 0 Å². The fourth-order valence-electron chi connectivity index (χ4n) is 1.53. The van der Waals surface area contributed by atoms with Gasteiger partial charge in [0.1, 0.15) is 20.5 Å². The van der Waals surface area contributed by atoms with E-state index in [1.807, 2.05) is 10.5 Å². The SMILES string of the molecule is CC(C)(C)c1nc2cc(C(Cl)Cl)ncn2c1I. The third-order valence-electron chi connectivity index (χ3n) is 2.41. The Bertz CT molecular complexity index is 558. The van der Waals surface area contributed by atoms with Gasteiger partial charge in [0.05, 0.1) is 11.4 Å². The maximum atomic E-state index is 5.80. The van der Waals surface area contributed by atoms with Crippen LogP contribution in [0.15, 0.2) is 12.4 Å². The predicted molar refractivity (Wildman–Crippen MR) is 78.9 cm³/mol. The van der Waals surface area contributed by atoms with Crippen molar-refractivity contribution in [1.82, 2.24) is 14.4 Å². The van der Waals surface area contributed by atoms with Crippen LogP contribution in [-0.2, 0) is 5.41 Å². The van der Waals surface area contributed by atoms with Crippen molar-refractivity contribution in [3.05, 3.63) is 27.5 Å². The van der Waals surface area contributed by atoms with E-state index < -0.39 is 4.84 Å². The fourth-order valence-corrected chi connectivity index (χ4v) is 3.07. The van der Waals surface area contributed by atoms with Crippen molar-refractivity contribution in [3.63, 3.8) is 0 Å². The van der Waals surface area contributed by atoms with Gasteiger partial charge in [0.15, 0.2) is 0 Å². The number of imidazole rings is 1. The molecule has 0 saturated heterocycles. The van der Waals surface area contributed by atoms with Crippen LogP contribution in [0.2, 0.25) is 0 Å². The molecule has 0 fully saturated rings. The van der Waals surface area contributed by atoms with Crippen molar-refractivity contribution < 1.29 is 0 Å². The van der Waals surface area contributed by atoms with Crippen LogP contribution in [0.5, 0.6) is 0 Å². The summed E-state index contributed by atoms with van der Waals surface area (Å²) >= 11 is 13.9. The van der Waals surface area contributed by atoms with E-state index in [0.717, 1.165) is 15.0 Å². The first-order valence-electron chi connectivity index (χ1n) is 5.13. The second-order valence-corrected chi connectivity index (χ2v) is 6.96. The Morgan fingerprint density at radius 2 is 2.00 bits per heavy atom. The smallest absolute Gasteiger partial charge is 0.149 e. The van der Waals surface area contributed by atoms with Crippen molar-refractivity contribution >= 4 is 51.4 Å². The standard InChI is InChI=1S/C11H12Cl2IN3/c1-11(2,3)8-10(14)17-5-15-6(9(12)13)4-7(17)16-8/h4-5,9H,1-3H3. The molecular weight excluding hydrogens is 372 g/mol. The molecule has 0 spiro atoms. The molecule has 0 aromatic carbocycles. The zero-order chi connectivity index (χ0) is 12.8. The average Bonchev–Trinajstić information content (AvgIpc) is 2.55. The number of fused-ring (bicyclic) bond motifs is 1. The molecule has 0 radical (unpaired) electrons. The van der Waals surface area contributed by atoms with Gasteiger partial charge in [-0.1, -0.05) is 44.0 Å². The molecule has 0 bridgehead atoms. The highest BCUT2D eigenvalue weighted by atomic mass is 127. The predicted octanol–water partition coefficient (Wildman–Crippen LogP) is 4.11. The molecule has 0 atom stereocenters. The zero-order valence-corrected chi connectivity index (χ0v) is 13.4. The van der Waals surface area contributed by atoms with Crippen molar-refractivity contribution in [2.45, 2.75) is 31.0 Å². The molecule has 17 heavy (non-hydrogen) atoms. The number of hydrogen-bond donors (Lipinski definition) is 0.